The van der Waals surface area contributed by atoms with E-state index in [1.807, 2.05) is 0 Å². The second-order valence-electron chi connectivity index (χ2n) is 2.41. The lowest BCUT2D eigenvalue weighted by molar-refractivity contribution is 0.0543. The van der Waals surface area contributed by atoms with Crippen LogP contribution in [0.1, 0.15) is 6.92 Å². The van der Waals surface area contributed by atoms with Crippen LogP contribution in [0.4, 0.5) is 0 Å². The van der Waals surface area contributed by atoms with E-state index in [1.54, 1.807) is 6.92 Å². The number of aliphatic hydroxyl groups is 1. The van der Waals surface area contributed by atoms with Gasteiger partial charge in [-0.25, -0.2) is 8.42 Å². The van der Waals surface area contributed by atoms with Crippen LogP contribution in [0.3, 0.4) is 0 Å². The molecule has 0 saturated carbocycles. The van der Waals surface area contributed by atoms with E-state index in [-0.39, 0.29) is 12.4 Å². The summed E-state index contributed by atoms with van der Waals surface area (Å²) in [6.07, 6.45) is 0.187. The van der Waals surface area contributed by atoms with Crippen molar-refractivity contribution < 1.29 is 18.3 Å². The van der Waals surface area contributed by atoms with Crippen LogP contribution in [0.15, 0.2) is 0 Å². The Labute approximate surface area is 67.1 Å². The zero-order valence-electron chi connectivity index (χ0n) is 6.78. The fraction of sp³-hybridized carbons (Fsp3) is 1.00. The quantitative estimate of drug-likeness (QED) is 0.618. The van der Waals surface area contributed by atoms with Crippen molar-refractivity contribution in [3.63, 3.8) is 0 Å². The summed E-state index contributed by atoms with van der Waals surface area (Å²) < 4.78 is 26.0. The summed E-state index contributed by atoms with van der Waals surface area (Å²) in [7, 11) is -3.08. The molecule has 0 aromatic carbocycles. The Morgan fingerprint density at radius 3 is 2.45 bits per heavy atom. The molecule has 0 rings (SSSR count). The summed E-state index contributed by atoms with van der Waals surface area (Å²) in [5, 5.41) is 9.01. The molecule has 0 aliphatic carbocycles. The molecule has 0 bridgehead atoms. The van der Waals surface area contributed by atoms with E-state index in [0.29, 0.717) is 6.61 Å². The molecule has 0 fully saturated rings. The van der Waals surface area contributed by atoms with E-state index in [4.69, 9.17) is 9.84 Å². The van der Waals surface area contributed by atoms with Gasteiger partial charge in [0, 0.05) is 12.9 Å². The van der Waals surface area contributed by atoms with E-state index in [2.05, 4.69) is 0 Å². The predicted octanol–water partition coefficient (Wildman–Crippen LogP) is -0.572. The Morgan fingerprint density at radius 2 is 2.09 bits per heavy atom. The van der Waals surface area contributed by atoms with Gasteiger partial charge in [-0.15, -0.1) is 0 Å². The molecule has 0 amide bonds. The van der Waals surface area contributed by atoms with E-state index in [9.17, 15) is 8.42 Å². The van der Waals surface area contributed by atoms with Gasteiger partial charge in [0.1, 0.15) is 9.84 Å². The highest BCUT2D eigenvalue weighted by Gasteiger charge is 2.11. The van der Waals surface area contributed by atoms with Crippen molar-refractivity contribution in [1.29, 1.82) is 0 Å². The Hall–Kier alpha value is -0.130. The average Bonchev–Trinajstić information content (AvgIpc) is 1.79. The third-order valence-electron chi connectivity index (χ3n) is 1.01. The molecule has 5 heteroatoms. The number of sulfone groups is 1. The van der Waals surface area contributed by atoms with Crippen molar-refractivity contribution in [2.45, 2.75) is 13.0 Å². The average molecular weight is 182 g/mol. The van der Waals surface area contributed by atoms with Gasteiger partial charge in [-0.2, -0.15) is 0 Å². The standard InChI is InChI=1S/C6H14O4S/c1-3-10-4-6(7)5-11(2,8)9/h6-7H,3-5H2,1-2H3. The van der Waals surface area contributed by atoms with Crippen LogP contribution in [0.25, 0.3) is 0 Å². The zero-order valence-corrected chi connectivity index (χ0v) is 7.60. The monoisotopic (exact) mass is 182 g/mol. The van der Waals surface area contributed by atoms with Gasteiger partial charge >= 0.3 is 0 Å². The van der Waals surface area contributed by atoms with Gasteiger partial charge in [-0.3, -0.25) is 0 Å². The van der Waals surface area contributed by atoms with Crippen molar-refractivity contribution in [2.75, 3.05) is 25.2 Å². The van der Waals surface area contributed by atoms with Crippen molar-refractivity contribution in [1.82, 2.24) is 0 Å². The van der Waals surface area contributed by atoms with Crippen molar-refractivity contribution in [3.8, 4) is 0 Å². The molecule has 0 heterocycles. The van der Waals surface area contributed by atoms with Gasteiger partial charge in [-0.1, -0.05) is 0 Å². The molecule has 0 aliphatic heterocycles. The number of ether oxygens (including phenoxy) is 1. The van der Waals surface area contributed by atoms with Gasteiger partial charge in [0.25, 0.3) is 0 Å². The minimum atomic E-state index is -3.08. The largest absolute Gasteiger partial charge is 0.390 e. The molecule has 0 aliphatic rings. The summed E-state index contributed by atoms with van der Waals surface area (Å²) in [4.78, 5) is 0. The minimum absolute atomic E-state index is 0.0869. The molecule has 0 radical (unpaired) electrons. The lowest BCUT2D eigenvalue weighted by atomic mass is 10.4. The molecule has 1 N–H and O–H groups in total. The zero-order chi connectivity index (χ0) is 8.91. The number of hydrogen-bond donors (Lipinski definition) is 1. The fourth-order valence-electron chi connectivity index (χ4n) is 0.651. The molecule has 0 aromatic heterocycles. The van der Waals surface area contributed by atoms with Crippen LogP contribution in [-0.2, 0) is 14.6 Å². The predicted molar refractivity (Wildman–Crippen MR) is 42.2 cm³/mol. The number of rotatable bonds is 5. The molecule has 0 aromatic rings. The highest BCUT2D eigenvalue weighted by molar-refractivity contribution is 7.90. The molecule has 0 saturated heterocycles. The Bertz CT molecular complexity index is 185. The second-order valence-corrected chi connectivity index (χ2v) is 4.59. The molecular formula is C6H14O4S. The van der Waals surface area contributed by atoms with Gasteiger partial charge in [0.2, 0.25) is 0 Å². The Kier molecular flexibility index (Phi) is 4.63. The summed E-state index contributed by atoms with van der Waals surface area (Å²) in [5.41, 5.74) is 0. The van der Waals surface area contributed by atoms with E-state index in [1.165, 1.54) is 0 Å². The molecule has 68 valence electrons. The number of aliphatic hydroxyl groups excluding tert-OH is 1. The van der Waals surface area contributed by atoms with Crippen LogP contribution in [0.2, 0.25) is 0 Å². The Morgan fingerprint density at radius 1 is 1.55 bits per heavy atom. The highest BCUT2D eigenvalue weighted by atomic mass is 32.2. The highest BCUT2D eigenvalue weighted by Crippen LogP contribution is 1.91. The molecule has 0 spiro atoms. The van der Waals surface area contributed by atoms with Crippen molar-refractivity contribution >= 4 is 9.84 Å². The third kappa shape index (κ3) is 7.77. The SMILES string of the molecule is CCOCC(O)CS(C)(=O)=O. The second kappa shape index (κ2) is 4.69. The number of hydrogen-bond acceptors (Lipinski definition) is 4. The normalized spacial score (nSPS) is 14.8. The van der Waals surface area contributed by atoms with Gasteiger partial charge in [0.15, 0.2) is 0 Å². The van der Waals surface area contributed by atoms with Gasteiger partial charge in [-0.05, 0) is 6.92 Å². The van der Waals surface area contributed by atoms with Crippen molar-refractivity contribution in [2.24, 2.45) is 0 Å². The lowest BCUT2D eigenvalue weighted by Crippen LogP contribution is -2.24. The fourth-order valence-corrected chi connectivity index (χ4v) is 1.45. The maximum Gasteiger partial charge on any atom is 0.150 e. The maximum atomic E-state index is 10.6. The first-order valence-corrected chi connectivity index (χ1v) is 5.45. The first-order valence-electron chi connectivity index (χ1n) is 3.39. The molecule has 4 nitrogen and oxygen atoms in total. The maximum absolute atomic E-state index is 10.6. The van der Waals surface area contributed by atoms with Crippen LogP contribution in [-0.4, -0.2) is 44.9 Å². The van der Waals surface area contributed by atoms with Gasteiger partial charge in [0.05, 0.1) is 18.5 Å². The first kappa shape index (κ1) is 10.9. The summed E-state index contributed by atoms with van der Waals surface area (Å²) >= 11 is 0. The first-order chi connectivity index (χ1) is 4.95. The van der Waals surface area contributed by atoms with E-state index >= 15 is 0 Å². The minimum Gasteiger partial charge on any atom is -0.390 e. The third-order valence-corrected chi connectivity index (χ3v) is 2.00. The summed E-state index contributed by atoms with van der Waals surface area (Å²) in [5.74, 6) is -0.229. The summed E-state index contributed by atoms with van der Waals surface area (Å²) in [6.45, 7) is 2.36. The van der Waals surface area contributed by atoms with E-state index < -0.39 is 15.9 Å². The van der Waals surface area contributed by atoms with Crippen LogP contribution in [0.5, 0.6) is 0 Å². The topological polar surface area (TPSA) is 63.6 Å². The molecular weight excluding hydrogens is 168 g/mol. The lowest BCUT2D eigenvalue weighted by Gasteiger charge is -2.07. The molecule has 1 unspecified atom stereocenters. The van der Waals surface area contributed by atoms with Crippen LogP contribution >= 0.6 is 0 Å². The Balaban J connectivity index is 3.61. The van der Waals surface area contributed by atoms with Crippen molar-refractivity contribution in [3.05, 3.63) is 0 Å². The smallest absolute Gasteiger partial charge is 0.150 e. The molecule has 11 heavy (non-hydrogen) atoms. The van der Waals surface area contributed by atoms with Gasteiger partial charge < -0.3 is 9.84 Å². The summed E-state index contributed by atoms with van der Waals surface area (Å²) in [6, 6.07) is 0. The van der Waals surface area contributed by atoms with Crippen LogP contribution < -0.4 is 0 Å². The molecule has 1 atom stereocenters. The van der Waals surface area contributed by atoms with Crippen LogP contribution in [0, 0.1) is 0 Å². The van der Waals surface area contributed by atoms with E-state index in [0.717, 1.165) is 6.26 Å².